The number of halogens is 1. The molecule has 2 aromatic heterocycles. The molecule has 1 aliphatic rings. The average molecular weight is 419 g/mol. The van der Waals surface area contributed by atoms with Crippen molar-refractivity contribution in [3.05, 3.63) is 42.0 Å². The molecule has 2 N–H and O–H groups in total. The van der Waals surface area contributed by atoms with Crippen LogP contribution in [0.4, 0.5) is 5.69 Å². The smallest absolute Gasteiger partial charge is 0.229 e. The Bertz CT molecular complexity index is 1000. The van der Waals surface area contributed by atoms with Crippen LogP contribution in [0.1, 0.15) is 17.3 Å². The molecule has 4 rings (SSSR count). The van der Waals surface area contributed by atoms with Crippen molar-refractivity contribution >= 4 is 24.0 Å². The largest absolute Gasteiger partial charge is 0.494 e. The molecule has 3 heterocycles. The van der Waals surface area contributed by atoms with E-state index >= 15 is 0 Å². The number of tetrazole rings is 1. The van der Waals surface area contributed by atoms with E-state index in [1.54, 1.807) is 35.5 Å². The molecule has 1 fully saturated rings. The Morgan fingerprint density at radius 1 is 1.34 bits per heavy atom. The number of carbonyl (C=O) groups is 1. The Balaban J connectivity index is 0.00000240. The van der Waals surface area contributed by atoms with Gasteiger partial charge in [-0.25, -0.2) is 0 Å². The summed E-state index contributed by atoms with van der Waals surface area (Å²) in [6.45, 7) is 3.18. The summed E-state index contributed by atoms with van der Waals surface area (Å²) in [6, 6.07) is 5.40. The predicted octanol–water partition coefficient (Wildman–Crippen LogP) is 1.08. The first-order chi connectivity index (χ1) is 13.6. The quantitative estimate of drug-likeness (QED) is 0.637. The lowest BCUT2D eigenvalue weighted by molar-refractivity contribution is -0.119. The zero-order valence-corrected chi connectivity index (χ0v) is 17.2. The standard InChI is InChI=1S/C18H22N8O2.ClH/c1-11-22-23-24-26(11)16-6-13(4-5-17(16)28-3)21-18(27)15-9-19-8-14(15)12-7-20-25(2)10-12;/h4-7,10,14-15,19H,8-9H2,1-3H3,(H,21,27);1H/t14-,15+;/m1./s1. The molecule has 1 amide bonds. The maximum Gasteiger partial charge on any atom is 0.229 e. The van der Waals surface area contributed by atoms with Crippen molar-refractivity contribution in [2.45, 2.75) is 12.8 Å². The molecule has 154 valence electrons. The Morgan fingerprint density at radius 3 is 2.83 bits per heavy atom. The first-order valence-electron chi connectivity index (χ1n) is 9.00. The fourth-order valence-corrected chi connectivity index (χ4v) is 3.56. The Labute approximate surface area is 174 Å². The van der Waals surface area contributed by atoms with Gasteiger partial charge in [0.25, 0.3) is 0 Å². The van der Waals surface area contributed by atoms with Crippen LogP contribution in [0, 0.1) is 12.8 Å². The van der Waals surface area contributed by atoms with Gasteiger partial charge in [-0.2, -0.15) is 9.78 Å². The van der Waals surface area contributed by atoms with Gasteiger partial charge >= 0.3 is 0 Å². The molecule has 11 heteroatoms. The van der Waals surface area contributed by atoms with Crippen molar-refractivity contribution in [3.8, 4) is 11.4 Å². The third-order valence-electron chi connectivity index (χ3n) is 5.00. The molecule has 0 saturated carbocycles. The van der Waals surface area contributed by atoms with Gasteiger partial charge in [-0.05, 0) is 41.1 Å². The molecule has 0 bridgehead atoms. The summed E-state index contributed by atoms with van der Waals surface area (Å²) in [5.74, 6) is 1.11. The SMILES string of the molecule is COc1ccc(NC(=O)[C@H]2CNC[C@@H]2c2cnn(C)c2)cc1-n1nnnc1C.Cl. The molecule has 0 aliphatic carbocycles. The highest BCUT2D eigenvalue weighted by molar-refractivity contribution is 5.94. The van der Waals surface area contributed by atoms with Gasteiger partial charge in [-0.1, -0.05) is 0 Å². The molecule has 0 spiro atoms. The second-order valence-corrected chi connectivity index (χ2v) is 6.83. The number of carbonyl (C=O) groups excluding carboxylic acids is 1. The summed E-state index contributed by atoms with van der Waals surface area (Å²) in [4.78, 5) is 13.0. The number of ether oxygens (including phenoxy) is 1. The summed E-state index contributed by atoms with van der Waals surface area (Å²) in [7, 11) is 3.46. The number of amides is 1. The number of methoxy groups -OCH3 is 1. The van der Waals surface area contributed by atoms with Gasteiger partial charge in [0.05, 0.1) is 19.2 Å². The van der Waals surface area contributed by atoms with E-state index in [9.17, 15) is 4.79 Å². The molecular weight excluding hydrogens is 396 g/mol. The Hall–Kier alpha value is -2.98. The normalized spacial score (nSPS) is 18.3. The lowest BCUT2D eigenvalue weighted by Crippen LogP contribution is -2.28. The van der Waals surface area contributed by atoms with Crippen LogP contribution in [0.15, 0.2) is 30.6 Å². The number of benzene rings is 1. The highest BCUT2D eigenvalue weighted by Crippen LogP contribution is 2.30. The highest BCUT2D eigenvalue weighted by atomic mass is 35.5. The molecule has 10 nitrogen and oxygen atoms in total. The Kier molecular flexibility index (Phi) is 6.14. The first kappa shape index (κ1) is 20.7. The van der Waals surface area contributed by atoms with Gasteiger partial charge in [0.15, 0.2) is 5.82 Å². The summed E-state index contributed by atoms with van der Waals surface area (Å²) < 4.78 is 8.74. The van der Waals surface area contributed by atoms with Crippen molar-refractivity contribution in [2.24, 2.45) is 13.0 Å². The molecule has 2 atom stereocenters. The molecule has 0 radical (unpaired) electrons. The van der Waals surface area contributed by atoms with E-state index in [0.29, 0.717) is 29.5 Å². The third kappa shape index (κ3) is 4.08. The van der Waals surface area contributed by atoms with Crippen LogP contribution < -0.4 is 15.4 Å². The second-order valence-electron chi connectivity index (χ2n) is 6.83. The summed E-state index contributed by atoms with van der Waals surface area (Å²) in [6.07, 6.45) is 3.79. The number of aromatic nitrogens is 6. The van der Waals surface area contributed by atoms with E-state index in [1.165, 1.54) is 0 Å². The van der Waals surface area contributed by atoms with Crippen LogP contribution in [0.2, 0.25) is 0 Å². The minimum Gasteiger partial charge on any atom is -0.494 e. The summed E-state index contributed by atoms with van der Waals surface area (Å²) in [5, 5.41) is 22.1. The topological polar surface area (TPSA) is 112 Å². The minimum absolute atomic E-state index is 0. The van der Waals surface area contributed by atoms with Gasteiger partial charge in [0, 0.05) is 37.9 Å². The van der Waals surface area contributed by atoms with E-state index in [2.05, 4.69) is 31.3 Å². The molecule has 1 saturated heterocycles. The van der Waals surface area contributed by atoms with E-state index in [1.807, 2.05) is 25.5 Å². The molecule has 3 aromatic rings. The van der Waals surface area contributed by atoms with E-state index in [4.69, 9.17) is 4.74 Å². The number of aryl methyl sites for hydroxylation is 2. The number of nitrogens with one attached hydrogen (secondary N) is 2. The lowest BCUT2D eigenvalue weighted by atomic mass is 9.90. The third-order valence-corrected chi connectivity index (χ3v) is 5.00. The van der Waals surface area contributed by atoms with Gasteiger partial charge in [0.1, 0.15) is 11.4 Å². The van der Waals surface area contributed by atoms with Crippen LogP contribution in [-0.2, 0) is 11.8 Å². The lowest BCUT2D eigenvalue weighted by Gasteiger charge is -2.18. The van der Waals surface area contributed by atoms with Crippen molar-refractivity contribution in [2.75, 3.05) is 25.5 Å². The van der Waals surface area contributed by atoms with E-state index < -0.39 is 0 Å². The number of nitrogens with zero attached hydrogens (tertiary/aromatic N) is 6. The zero-order valence-electron chi connectivity index (χ0n) is 16.4. The number of rotatable bonds is 5. The highest BCUT2D eigenvalue weighted by Gasteiger charge is 2.34. The number of hydrogen-bond acceptors (Lipinski definition) is 7. The summed E-state index contributed by atoms with van der Waals surface area (Å²) >= 11 is 0. The van der Waals surface area contributed by atoms with E-state index in [-0.39, 0.29) is 30.2 Å². The van der Waals surface area contributed by atoms with Gasteiger partial charge in [-0.15, -0.1) is 17.5 Å². The van der Waals surface area contributed by atoms with Gasteiger partial charge in [-0.3, -0.25) is 9.48 Å². The maximum atomic E-state index is 13.0. The number of hydrogen-bond donors (Lipinski definition) is 2. The van der Waals surface area contributed by atoms with E-state index in [0.717, 1.165) is 12.1 Å². The van der Waals surface area contributed by atoms with Crippen LogP contribution in [-0.4, -0.2) is 56.1 Å². The van der Waals surface area contributed by atoms with Crippen LogP contribution in [0.5, 0.6) is 5.75 Å². The van der Waals surface area contributed by atoms with Gasteiger partial charge < -0.3 is 15.4 Å². The fourth-order valence-electron chi connectivity index (χ4n) is 3.56. The predicted molar refractivity (Wildman–Crippen MR) is 109 cm³/mol. The molecule has 1 aromatic carbocycles. The van der Waals surface area contributed by atoms with Crippen molar-refractivity contribution in [3.63, 3.8) is 0 Å². The van der Waals surface area contributed by atoms with Crippen LogP contribution in [0.3, 0.4) is 0 Å². The fraction of sp³-hybridized carbons (Fsp3) is 0.389. The number of anilines is 1. The maximum absolute atomic E-state index is 13.0. The molecular formula is C18H23ClN8O2. The summed E-state index contributed by atoms with van der Waals surface area (Å²) in [5.41, 5.74) is 2.39. The van der Waals surface area contributed by atoms with Crippen molar-refractivity contribution in [1.29, 1.82) is 0 Å². The first-order valence-corrected chi connectivity index (χ1v) is 9.00. The average Bonchev–Trinajstić information content (AvgIpc) is 3.42. The second kappa shape index (κ2) is 8.58. The molecule has 29 heavy (non-hydrogen) atoms. The monoisotopic (exact) mass is 418 g/mol. The minimum atomic E-state index is -0.176. The van der Waals surface area contributed by atoms with Crippen molar-refractivity contribution < 1.29 is 9.53 Å². The zero-order chi connectivity index (χ0) is 19.7. The van der Waals surface area contributed by atoms with Crippen LogP contribution in [0.25, 0.3) is 5.69 Å². The molecule has 1 aliphatic heterocycles. The van der Waals surface area contributed by atoms with Crippen LogP contribution >= 0.6 is 12.4 Å². The van der Waals surface area contributed by atoms with Crippen molar-refractivity contribution in [1.82, 2.24) is 35.3 Å². The Morgan fingerprint density at radius 2 is 2.17 bits per heavy atom. The van der Waals surface area contributed by atoms with Gasteiger partial charge in [0.2, 0.25) is 5.91 Å². The molecule has 0 unspecified atom stereocenters.